The highest BCUT2D eigenvalue weighted by Crippen LogP contribution is 2.30. The maximum Gasteiger partial charge on any atom is 0.304 e. The van der Waals surface area contributed by atoms with Crippen molar-refractivity contribution in [2.45, 2.75) is 23.5 Å². The Morgan fingerprint density at radius 1 is 1.50 bits per heavy atom. The highest BCUT2D eigenvalue weighted by molar-refractivity contribution is 7.92. The molecule has 1 aromatic rings. The molecule has 0 radical (unpaired) electrons. The summed E-state index contributed by atoms with van der Waals surface area (Å²) in [5.41, 5.74) is 0. The lowest BCUT2D eigenvalue weighted by molar-refractivity contribution is -0.136. The summed E-state index contributed by atoms with van der Waals surface area (Å²) in [7, 11) is -2.45. The number of carbonyl (C=O) groups is 1. The number of methoxy groups -OCH3 is 1. The molecule has 5 nitrogen and oxygen atoms in total. The number of hydrogen-bond acceptors (Lipinski definition) is 4. The first-order valence-electron chi connectivity index (χ1n) is 5.08. The smallest absolute Gasteiger partial charge is 0.304 e. The van der Waals surface area contributed by atoms with Gasteiger partial charge in [0.2, 0.25) is 0 Å². The Balaban J connectivity index is 3.27. The van der Waals surface area contributed by atoms with E-state index in [1.54, 1.807) is 0 Å². The minimum atomic E-state index is -3.79. The van der Waals surface area contributed by atoms with Crippen molar-refractivity contribution in [3.8, 4) is 5.75 Å². The van der Waals surface area contributed by atoms with Crippen LogP contribution in [0.4, 0.5) is 0 Å². The molecular formula is C11H13ClO5S. The van der Waals surface area contributed by atoms with Crippen LogP contribution in [0.2, 0.25) is 5.02 Å². The number of sulfone groups is 1. The molecule has 1 atom stereocenters. The lowest BCUT2D eigenvalue weighted by Gasteiger charge is -2.14. The fourth-order valence-electron chi connectivity index (χ4n) is 1.45. The molecule has 7 heteroatoms. The van der Waals surface area contributed by atoms with E-state index >= 15 is 0 Å². The topological polar surface area (TPSA) is 80.7 Å². The molecule has 0 bridgehead atoms. The monoisotopic (exact) mass is 292 g/mol. The molecule has 100 valence electrons. The molecule has 0 saturated heterocycles. The quantitative estimate of drug-likeness (QED) is 0.897. The lowest BCUT2D eigenvalue weighted by atomic mass is 10.3. The number of benzene rings is 1. The van der Waals surface area contributed by atoms with Crippen LogP contribution in [0.5, 0.6) is 5.75 Å². The van der Waals surface area contributed by atoms with Crippen LogP contribution in [0, 0.1) is 0 Å². The first-order chi connectivity index (χ1) is 8.28. The van der Waals surface area contributed by atoms with E-state index in [0.717, 1.165) is 0 Å². The van der Waals surface area contributed by atoms with Gasteiger partial charge >= 0.3 is 5.97 Å². The second-order valence-corrected chi connectivity index (χ2v) is 6.52. The average Bonchev–Trinajstić information content (AvgIpc) is 2.28. The molecule has 0 spiro atoms. The lowest BCUT2D eigenvalue weighted by Crippen LogP contribution is -2.22. The zero-order valence-corrected chi connectivity index (χ0v) is 11.5. The van der Waals surface area contributed by atoms with Gasteiger partial charge in [-0.15, -0.1) is 0 Å². The Kier molecular flexibility index (Phi) is 4.59. The minimum Gasteiger partial charge on any atom is -0.495 e. The zero-order valence-electron chi connectivity index (χ0n) is 9.88. The van der Waals surface area contributed by atoms with Crippen molar-refractivity contribution in [3.63, 3.8) is 0 Å². The third-order valence-corrected chi connectivity index (χ3v) is 4.82. The van der Waals surface area contributed by atoms with Crippen LogP contribution in [0.3, 0.4) is 0 Å². The zero-order chi connectivity index (χ0) is 13.9. The van der Waals surface area contributed by atoms with Gasteiger partial charge in [-0.1, -0.05) is 11.6 Å². The molecule has 0 amide bonds. The first-order valence-corrected chi connectivity index (χ1v) is 7.00. The molecular weight excluding hydrogens is 280 g/mol. The van der Waals surface area contributed by atoms with Gasteiger partial charge in [0, 0.05) is 5.02 Å². The predicted molar refractivity (Wildman–Crippen MR) is 66.9 cm³/mol. The fourth-order valence-corrected chi connectivity index (χ4v) is 3.20. The molecule has 18 heavy (non-hydrogen) atoms. The number of rotatable bonds is 5. The van der Waals surface area contributed by atoms with Gasteiger partial charge in [0.05, 0.1) is 18.8 Å². The summed E-state index contributed by atoms with van der Waals surface area (Å²) in [6.07, 6.45) is -0.474. The SMILES string of the molecule is COc1ccc(Cl)cc1S(=O)(=O)C(C)CC(=O)O. The van der Waals surface area contributed by atoms with Crippen LogP contribution in [-0.4, -0.2) is 31.9 Å². The molecule has 0 aliphatic rings. The van der Waals surface area contributed by atoms with Crippen LogP contribution in [0.25, 0.3) is 0 Å². The van der Waals surface area contributed by atoms with E-state index in [2.05, 4.69) is 0 Å². The third kappa shape index (κ3) is 3.14. The summed E-state index contributed by atoms with van der Waals surface area (Å²) in [6, 6.07) is 4.19. The predicted octanol–water partition coefficient (Wildman–Crippen LogP) is 1.99. The van der Waals surface area contributed by atoms with Gasteiger partial charge in [0.15, 0.2) is 9.84 Å². The Labute approximate surface area is 110 Å². The number of hydrogen-bond donors (Lipinski definition) is 1. The van der Waals surface area contributed by atoms with E-state index < -0.39 is 27.5 Å². The van der Waals surface area contributed by atoms with Crippen molar-refractivity contribution in [3.05, 3.63) is 23.2 Å². The van der Waals surface area contributed by atoms with Crippen molar-refractivity contribution in [1.29, 1.82) is 0 Å². The van der Waals surface area contributed by atoms with Gasteiger partial charge in [-0.25, -0.2) is 8.42 Å². The Morgan fingerprint density at radius 2 is 2.11 bits per heavy atom. The number of ether oxygens (including phenoxy) is 1. The number of carboxylic acids is 1. The van der Waals surface area contributed by atoms with Crippen LogP contribution < -0.4 is 4.74 Å². The summed E-state index contributed by atoms with van der Waals surface area (Å²) in [5, 5.41) is 7.85. The van der Waals surface area contributed by atoms with Crippen molar-refractivity contribution in [2.75, 3.05) is 7.11 Å². The molecule has 0 saturated carbocycles. The summed E-state index contributed by atoms with van der Waals surface area (Å²) >= 11 is 5.75. The first kappa shape index (κ1) is 14.8. The van der Waals surface area contributed by atoms with Gasteiger partial charge in [-0.05, 0) is 25.1 Å². The van der Waals surface area contributed by atoms with Crippen LogP contribution in [-0.2, 0) is 14.6 Å². The van der Waals surface area contributed by atoms with Crippen LogP contribution in [0.1, 0.15) is 13.3 Å². The van der Waals surface area contributed by atoms with E-state index in [1.165, 1.54) is 32.2 Å². The van der Waals surface area contributed by atoms with E-state index in [-0.39, 0.29) is 15.7 Å². The molecule has 0 aliphatic carbocycles. The van der Waals surface area contributed by atoms with Gasteiger partial charge in [-0.2, -0.15) is 0 Å². The number of halogens is 1. The Hall–Kier alpha value is -1.27. The van der Waals surface area contributed by atoms with E-state index in [0.29, 0.717) is 0 Å². The van der Waals surface area contributed by atoms with Crippen LogP contribution in [0.15, 0.2) is 23.1 Å². The largest absolute Gasteiger partial charge is 0.495 e. The second-order valence-electron chi connectivity index (χ2n) is 3.75. The molecule has 0 heterocycles. The van der Waals surface area contributed by atoms with E-state index in [4.69, 9.17) is 21.4 Å². The summed E-state index contributed by atoms with van der Waals surface area (Å²) in [5.74, 6) is -1.02. The molecule has 0 fully saturated rings. The molecule has 1 rings (SSSR count). The molecule has 1 aromatic carbocycles. The van der Waals surface area contributed by atoms with Crippen LogP contribution >= 0.6 is 11.6 Å². The Morgan fingerprint density at radius 3 is 2.61 bits per heavy atom. The maximum atomic E-state index is 12.2. The molecule has 0 aromatic heterocycles. The summed E-state index contributed by atoms with van der Waals surface area (Å²) in [6.45, 7) is 1.34. The Bertz CT molecular complexity index is 553. The van der Waals surface area contributed by atoms with E-state index in [9.17, 15) is 13.2 Å². The van der Waals surface area contributed by atoms with Gasteiger partial charge in [-0.3, -0.25) is 4.79 Å². The molecule has 1 unspecified atom stereocenters. The van der Waals surface area contributed by atoms with Crippen molar-refractivity contribution in [2.24, 2.45) is 0 Å². The van der Waals surface area contributed by atoms with Gasteiger partial charge < -0.3 is 9.84 Å². The highest BCUT2D eigenvalue weighted by atomic mass is 35.5. The number of carboxylic acid groups (broad SMARTS) is 1. The van der Waals surface area contributed by atoms with Gasteiger partial charge in [0.1, 0.15) is 10.6 Å². The van der Waals surface area contributed by atoms with E-state index in [1.807, 2.05) is 0 Å². The van der Waals surface area contributed by atoms with Gasteiger partial charge in [0.25, 0.3) is 0 Å². The summed E-state index contributed by atoms with van der Waals surface area (Å²) < 4.78 is 29.4. The van der Waals surface area contributed by atoms with Crippen molar-refractivity contribution in [1.82, 2.24) is 0 Å². The molecule has 1 N–H and O–H groups in total. The van der Waals surface area contributed by atoms with Crippen molar-refractivity contribution >= 4 is 27.4 Å². The normalized spacial score (nSPS) is 13.1. The second kappa shape index (κ2) is 5.58. The highest BCUT2D eigenvalue weighted by Gasteiger charge is 2.28. The third-order valence-electron chi connectivity index (χ3n) is 2.42. The standard InChI is InChI=1S/C11H13ClO5S/c1-7(5-11(13)14)18(15,16)10-6-8(12)3-4-9(10)17-2/h3-4,6-7H,5H2,1-2H3,(H,13,14). The maximum absolute atomic E-state index is 12.2. The summed E-state index contributed by atoms with van der Waals surface area (Å²) in [4.78, 5) is 10.5. The molecule has 0 aliphatic heterocycles. The minimum absolute atomic E-state index is 0.0914. The average molecular weight is 293 g/mol. The number of aliphatic carboxylic acids is 1. The van der Waals surface area contributed by atoms with Crippen molar-refractivity contribution < 1.29 is 23.1 Å². The fraction of sp³-hybridized carbons (Fsp3) is 0.364.